The van der Waals surface area contributed by atoms with Crippen molar-refractivity contribution in [3.63, 3.8) is 0 Å². The van der Waals surface area contributed by atoms with Crippen LogP contribution < -0.4 is 20.7 Å². The molecule has 37 heavy (non-hydrogen) atoms. The summed E-state index contributed by atoms with van der Waals surface area (Å²) in [7, 11) is 0. The van der Waals surface area contributed by atoms with Gasteiger partial charge in [0.05, 0.1) is 6.61 Å². The number of unbranched alkanes of at least 4 members (excludes halogenated alkanes) is 3. The Bertz CT molecular complexity index is 954. The maximum Gasteiger partial charge on any atom is 0.326 e. The molecule has 2 atom stereocenters. The number of hydrogen-bond donors (Lipinski definition) is 6. The molecule has 0 fully saturated rings. The van der Waals surface area contributed by atoms with E-state index in [1.807, 2.05) is 0 Å². The molecular weight excluding hydrogens is 502 g/mol. The second-order valence-electron chi connectivity index (χ2n) is 8.14. The number of benzene rings is 1. The average Bonchev–Trinajstić information content (AvgIpc) is 2.87. The Balaban J connectivity index is 2.56. The first-order valence-electron chi connectivity index (χ1n) is 12.0. The molecule has 204 valence electrons. The highest BCUT2D eigenvalue weighted by Gasteiger charge is 2.22. The molecule has 0 aliphatic heterocycles. The van der Waals surface area contributed by atoms with Gasteiger partial charge in [0.1, 0.15) is 24.4 Å². The quantitative estimate of drug-likeness (QED) is 0.0666. The fourth-order valence-corrected chi connectivity index (χ4v) is 3.35. The maximum absolute atomic E-state index is 12.5. The fraction of sp³-hybridized carbons (Fsp3) is 0.480. The minimum Gasteiger partial charge on any atom is -0.494 e. The van der Waals surface area contributed by atoms with E-state index in [1.54, 1.807) is 24.3 Å². The van der Waals surface area contributed by atoms with Crippen LogP contribution in [0.15, 0.2) is 36.5 Å². The zero-order chi connectivity index (χ0) is 27.6. The first-order valence-corrected chi connectivity index (χ1v) is 12.6. The number of carbonyl (C=O) groups excluding carboxylic acids is 3. The van der Waals surface area contributed by atoms with Crippen molar-refractivity contribution in [1.29, 1.82) is 0 Å². The minimum absolute atomic E-state index is 0.0756. The van der Waals surface area contributed by atoms with Crippen molar-refractivity contribution < 1.29 is 38.9 Å². The Hall–Kier alpha value is -3.54. The van der Waals surface area contributed by atoms with Crippen LogP contribution in [0, 0.1) is 0 Å². The zero-order valence-electron chi connectivity index (χ0n) is 20.8. The van der Waals surface area contributed by atoms with Crippen LogP contribution in [0.3, 0.4) is 0 Å². The second-order valence-corrected chi connectivity index (χ2v) is 8.51. The predicted molar refractivity (Wildman–Crippen MR) is 140 cm³/mol. The number of thiol groups is 1. The van der Waals surface area contributed by atoms with Crippen molar-refractivity contribution in [2.24, 2.45) is 0 Å². The maximum atomic E-state index is 12.5. The summed E-state index contributed by atoms with van der Waals surface area (Å²) >= 11 is 3.97. The number of nitrogens with one attached hydrogen (secondary N) is 3. The first-order chi connectivity index (χ1) is 17.7. The Morgan fingerprint density at radius 1 is 1.08 bits per heavy atom. The number of carboxylic acid groups (broad SMARTS) is 2. The van der Waals surface area contributed by atoms with Gasteiger partial charge >= 0.3 is 11.9 Å². The van der Waals surface area contributed by atoms with Crippen molar-refractivity contribution in [1.82, 2.24) is 16.0 Å². The lowest BCUT2D eigenvalue weighted by molar-refractivity contribution is -0.139. The minimum atomic E-state index is -1.24. The van der Waals surface area contributed by atoms with Gasteiger partial charge < -0.3 is 30.9 Å². The Labute approximate surface area is 221 Å². The number of amides is 2. The summed E-state index contributed by atoms with van der Waals surface area (Å²) in [5.74, 6) is -3.64. The number of carboxylic acids is 2. The molecule has 0 saturated heterocycles. The molecule has 0 aromatic heterocycles. The molecule has 0 aliphatic carbocycles. The van der Waals surface area contributed by atoms with Crippen LogP contribution in [-0.2, 0) is 19.2 Å². The molecule has 1 aromatic rings. The van der Waals surface area contributed by atoms with E-state index in [0.29, 0.717) is 17.9 Å². The van der Waals surface area contributed by atoms with Crippen LogP contribution in [0.1, 0.15) is 55.8 Å². The van der Waals surface area contributed by atoms with E-state index in [9.17, 15) is 29.1 Å². The van der Waals surface area contributed by atoms with Gasteiger partial charge in [0.15, 0.2) is 5.78 Å². The van der Waals surface area contributed by atoms with E-state index in [1.165, 1.54) is 12.3 Å². The van der Waals surface area contributed by atoms with E-state index >= 15 is 0 Å². The van der Waals surface area contributed by atoms with Crippen molar-refractivity contribution in [2.75, 3.05) is 18.9 Å². The number of allylic oxidation sites excluding steroid dienone is 1. The summed E-state index contributed by atoms with van der Waals surface area (Å²) in [5, 5.41) is 25.2. The lowest BCUT2D eigenvalue weighted by atomic mass is 10.1. The molecule has 0 unspecified atom stereocenters. The van der Waals surface area contributed by atoms with Gasteiger partial charge in [-0.15, -0.1) is 0 Å². The number of hydrogen-bond acceptors (Lipinski definition) is 8. The summed E-state index contributed by atoms with van der Waals surface area (Å²) in [6, 6.07) is 4.48. The molecule has 0 radical (unpaired) electrons. The number of rotatable bonds is 19. The highest BCUT2D eigenvalue weighted by atomic mass is 32.1. The van der Waals surface area contributed by atoms with Crippen LogP contribution in [0.2, 0.25) is 0 Å². The molecule has 0 spiro atoms. The molecule has 2 amide bonds. The number of carbonyl (C=O) groups is 5. The van der Waals surface area contributed by atoms with E-state index in [-0.39, 0.29) is 24.4 Å². The van der Waals surface area contributed by atoms with Crippen molar-refractivity contribution in [3.8, 4) is 5.75 Å². The summed E-state index contributed by atoms with van der Waals surface area (Å²) < 4.78 is 5.68. The van der Waals surface area contributed by atoms with Crippen molar-refractivity contribution in [2.45, 2.75) is 57.5 Å². The third-order valence-electron chi connectivity index (χ3n) is 5.12. The second kappa shape index (κ2) is 17.8. The zero-order valence-corrected chi connectivity index (χ0v) is 21.7. The third kappa shape index (κ3) is 13.4. The van der Waals surface area contributed by atoms with Crippen molar-refractivity contribution in [3.05, 3.63) is 42.1 Å². The van der Waals surface area contributed by atoms with Gasteiger partial charge in [-0.3, -0.25) is 19.2 Å². The van der Waals surface area contributed by atoms with E-state index < -0.39 is 42.4 Å². The van der Waals surface area contributed by atoms with Gasteiger partial charge in [0.25, 0.3) is 0 Å². The molecule has 5 N–H and O–H groups in total. The molecule has 0 heterocycles. The summed E-state index contributed by atoms with van der Waals surface area (Å²) in [5.41, 5.74) is 0.384. The smallest absolute Gasteiger partial charge is 0.326 e. The molecule has 12 heteroatoms. The lowest BCUT2D eigenvalue weighted by Gasteiger charge is -2.17. The molecule has 1 aromatic carbocycles. The third-order valence-corrected chi connectivity index (χ3v) is 5.49. The van der Waals surface area contributed by atoms with Gasteiger partial charge in [0, 0.05) is 30.0 Å². The van der Waals surface area contributed by atoms with Gasteiger partial charge in [-0.25, -0.2) is 4.79 Å². The van der Waals surface area contributed by atoms with Gasteiger partial charge in [-0.05, 0) is 25.0 Å². The molecule has 0 aliphatic rings. The van der Waals surface area contributed by atoms with Gasteiger partial charge in [-0.1, -0.05) is 38.3 Å². The number of aliphatic carboxylic acids is 2. The van der Waals surface area contributed by atoms with E-state index in [2.05, 4.69) is 35.5 Å². The predicted octanol–water partition coefficient (Wildman–Crippen LogP) is 1.78. The molecule has 1 rings (SSSR count). The highest BCUT2D eigenvalue weighted by molar-refractivity contribution is 7.80. The Morgan fingerprint density at radius 3 is 2.49 bits per heavy atom. The normalized spacial score (nSPS) is 12.4. The number of ether oxygens (including phenoxy) is 1. The largest absolute Gasteiger partial charge is 0.494 e. The molecular formula is C25H35N3O8S. The monoisotopic (exact) mass is 537 g/mol. The lowest BCUT2D eigenvalue weighted by Crippen LogP contribution is -2.49. The fourth-order valence-electron chi connectivity index (χ4n) is 3.09. The highest BCUT2D eigenvalue weighted by Crippen LogP contribution is 2.15. The van der Waals surface area contributed by atoms with Crippen LogP contribution in [-0.4, -0.2) is 70.7 Å². The van der Waals surface area contributed by atoms with Gasteiger partial charge in [-0.2, -0.15) is 12.6 Å². The van der Waals surface area contributed by atoms with Gasteiger partial charge in [0.2, 0.25) is 11.8 Å². The Morgan fingerprint density at radius 2 is 1.84 bits per heavy atom. The summed E-state index contributed by atoms with van der Waals surface area (Å²) in [4.78, 5) is 58.6. The average molecular weight is 538 g/mol. The van der Waals surface area contributed by atoms with E-state index in [0.717, 1.165) is 25.7 Å². The SMILES string of the molecule is CCCCCCOc1cccc(C(=O)C=CN[C@@H](CCC(=O)N[C@@H](CS)C(=O)NCC(=O)O)C(=O)O)c1. The van der Waals surface area contributed by atoms with Crippen LogP contribution >= 0.6 is 12.6 Å². The number of ketones is 1. The van der Waals surface area contributed by atoms with Crippen LogP contribution in [0.25, 0.3) is 0 Å². The summed E-state index contributed by atoms with van der Waals surface area (Å²) in [6.07, 6.45) is 6.32. The Kier molecular flexibility index (Phi) is 15.2. The van der Waals surface area contributed by atoms with E-state index in [4.69, 9.17) is 9.84 Å². The van der Waals surface area contributed by atoms with Crippen LogP contribution in [0.5, 0.6) is 5.75 Å². The standard InChI is InChI=1S/C25H35N3O8S/c1-2-3-4-5-13-36-18-8-6-7-17(14-18)21(29)11-12-26-19(25(34)35)9-10-22(30)28-20(16-37)24(33)27-15-23(31)32/h6-8,11-12,14,19-20,26,37H,2-5,9-10,13,15-16H2,1H3,(H,27,33)(H,28,30)(H,31,32)(H,34,35)/t19-,20-/m0/s1. The summed E-state index contributed by atoms with van der Waals surface area (Å²) in [6.45, 7) is 2.08. The molecule has 0 bridgehead atoms. The first kappa shape index (κ1) is 31.5. The van der Waals surface area contributed by atoms with Crippen LogP contribution in [0.4, 0.5) is 0 Å². The topological polar surface area (TPSA) is 171 Å². The molecule has 0 saturated carbocycles. The van der Waals surface area contributed by atoms with Crippen molar-refractivity contribution >= 4 is 42.2 Å². The molecule has 11 nitrogen and oxygen atoms in total.